The number of benzene rings is 3. The molecule has 1 saturated heterocycles. The lowest BCUT2D eigenvalue weighted by atomic mass is 10.1. The first-order valence-electron chi connectivity index (χ1n) is 12.1. The summed E-state index contributed by atoms with van der Waals surface area (Å²) in [5.41, 5.74) is 1.91. The number of amides is 2. The molecule has 3 aromatic rings. The number of nitrogens with one attached hydrogen (secondary N) is 2. The zero-order chi connectivity index (χ0) is 24.7. The fraction of sp³-hybridized carbons (Fsp3) is 0.250. The van der Waals surface area contributed by atoms with Gasteiger partial charge in [0, 0.05) is 38.4 Å². The van der Waals surface area contributed by atoms with Crippen LogP contribution in [0.1, 0.15) is 12.0 Å². The normalized spacial score (nSPS) is 18.2. The Bertz CT molecular complexity index is 1210. The SMILES string of the molecule is O=C1CC(C(=O)Nc2ccc(Oc3ccccc3)cc2)N=C(N2CCN(Cc3ccccc3)CC2)N1. The fourth-order valence-corrected chi connectivity index (χ4v) is 4.30. The van der Waals surface area contributed by atoms with Crippen molar-refractivity contribution in [3.8, 4) is 11.5 Å². The van der Waals surface area contributed by atoms with Gasteiger partial charge in [-0.15, -0.1) is 0 Å². The van der Waals surface area contributed by atoms with Crippen LogP contribution in [0.15, 0.2) is 89.9 Å². The zero-order valence-corrected chi connectivity index (χ0v) is 20.0. The molecule has 3 aromatic carbocycles. The summed E-state index contributed by atoms with van der Waals surface area (Å²) in [6, 6.07) is 26.2. The van der Waals surface area contributed by atoms with Gasteiger partial charge in [-0.25, -0.2) is 4.99 Å². The van der Waals surface area contributed by atoms with Gasteiger partial charge in [0.2, 0.25) is 17.8 Å². The molecule has 36 heavy (non-hydrogen) atoms. The number of hydrogen-bond donors (Lipinski definition) is 2. The van der Waals surface area contributed by atoms with Crippen molar-refractivity contribution in [3.05, 3.63) is 90.5 Å². The zero-order valence-electron chi connectivity index (χ0n) is 20.0. The Morgan fingerprint density at radius 2 is 1.53 bits per heavy atom. The van der Waals surface area contributed by atoms with Gasteiger partial charge in [-0.3, -0.25) is 19.8 Å². The highest BCUT2D eigenvalue weighted by Crippen LogP contribution is 2.23. The minimum absolute atomic E-state index is 0.0263. The molecule has 1 atom stereocenters. The van der Waals surface area contributed by atoms with Gasteiger partial charge in [0.15, 0.2) is 0 Å². The Balaban J connectivity index is 1.16. The van der Waals surface area contributed by atoms with Crippen molar-refractivity contribution in [1.29, 1.82) is 0 Å². The number of para-hydroxylation sites is 1. The number of anilines is 1. The van der Waals surface area contributed by atoms with Crippen molar-refractivity contribution in [1.82, 2.24) is 15.1 Å². The van der Waals surface area contributed by atoms with Crippen LogP contribution in [0.25, 0.3) is 0 Å². The van der Waals surface area contributed by atoms with Crippen LogP contribution in [0.5, 0.6) is 11.5 Å². The Morgan fingerprint density at radius 1 is 0.889 bits per heavy atom. The number of carbonyl (C=O) groups is 2. The highest BCUT2D eigenvalue weighted by atomic mass is 16.5. The van der Waals surface area contributed by atoms with Gasteiger partial charge in [0.05, 0.1) is 6.42 Å². The monoisotopic (exact) mass is 483 g/mol. The largest absolute Gasteiger partial charge is 0.457 e. The van der Waals surface area contributed by atoms with Crippen LogP contribution in [-0.4, -0.2) is 59.8 Å². The number of carbonyl (C=O) groups excluding carboxylic acids is 2. The average molecular weight is 484 g/mol. The minimum Gasteiger partial charge on any atom is -0.457 e. The van der Waals surface area contributed by atoms with E-state index in [1.165, 1.54) is 5.56 Å². The van der Waals surface area contributed by atoms with E-state index in [9.17, 15) is 9.59 Å². The Labute approximate surface area is 210 Å². The number of nitrogens with zero attached hydrogens (tertiary/aromatic N) is 3. The summed E-state index contributed by atoms with van der Waals surface area (Å²) in [5, 5.41) is 5.72. The van der Waals surface area contributed by atoms with Crippen molar-refractivity contribution in [3.63, 3.8) is 0 Å². The molecule has 8 nitrogen and oxygen atoms in total. The smallest absolute Gasteiger partial charge is 0.249 e. The van der Waals surface area contributed by atoms with Crippen molar-refractivity contribution >= 4 is 23.5 Å². The molecule has 1 unspecified atom stereocenters. The molecule has 0 bridgehead atoms. The van der Waals surface area contributed by atoms with Gasteiger partial charge in [-0.05, 0) is 42.0 Å². The van der Waals surface area contributed by atoms with E-state index in [0.29, 0.717) is 17.4 Å². The molecule has 5 rings (SSSR count). The van der Waals surface area contributed by atoms with E-state index in [1.54, 1.807) is 24.3 Å². The van der Waals surface area contributed by atoms with E-state index in [1.807, 2.05) is 36.4 Å². The van der Waals surface area contributed by atoms with E-state index < -0.39 is 6.04 Å². The lowest BCUT2D eigenvalue weighted by molar-refractivity contribution is -0.125. The number of ether oxygens (including phenoxy) is 1. The third-order valence-electron chi connectivity index (χ3n) is 6.23. The Hall–Kier alpha value is -4.17. The summed E-state index contributed by atoms with van der Waals surface area (Å²) < 4.78 is 5.79. The standard InChI is InChI=1S/C28H29N5O3/c34-26-19-25(27(35)29-22-11-13-24(14-12-22)36-23-9-5-2-6-10-23)30-28(31-26)33-17-15-32(16-18-33)20-21-7-3-1-4-8-21/h1-14,25H,15-20H2,(H,29,35)(H,30,31,34). The summed E-state index contributed by atoms with van der Waals surface area (Å²) in [7, 11) is 0. The summed E-state index contributed by atoms with van der Waals surface area (Å²) >= 11 is 0. The third kappa shape index (κ3) is 6.09. The maximum atomic E-state index is 12.9. The van der Waals surface area contributed by atoms with E-state index in [-0.39, 0.29) is 18.2 Å². The van der Waals surface area contributed by atoms with Crippen LogP contribution < -0.4 is 15.4 Å². The molecule has 0 spiro atoms. The molecule has 2 heterocycles. The first-order chi connectivity index (χ1) is 17.6. The van der Waals surface area contributed by atoms with Crippen LogP contribution in [0.4, 0.5) is 5.69 Å². The second-order valence-electron chi connectivity index (χ2n) is 8.90. The lowest BCUT2D eigenvalue weighted by Crippen LogP contribution is -2.56. The number of guanidine groups is 1. The number of rotatable bonds is 6. The maximum Gasteiger partial charge on any atom is 0.249 e. The average Bonchev–Trinajstić information content (AvgIpc) is 2.91. The summed E-state index contributed by atoms with van der Waals surface area (Å²) in [5.74, 6) is 1.39. The first kappa shape index (κ1) is 23.6. The molecular formula is C28H29N5O3. The van der Waals surface area contributed by atoms with Crippen molar-refractivity contribution in [2.24, 2.45) is 4.99 Å². The van der Waals surface area contributed by atoms with Crippen LogP contribution in [0.3, 0.4) is 0 Å². The number of aliphatic imine (C=N–C) groups is 1. The maximum absolute atomic E-state index is 12.9. The van der Waals surface area contributed by atoms with Crippen LogP contribution in [-0.2, 0) is 16.1 Å². The Morgan fingerprint density at radius 3 is 2.22 bits per heavy atom. The first-order valence-corrected chi connectivity index (χ1v) is 12.1. The molecule has 184 valence electrons. The topological polar surface area (TPSA) is 86.3 Å². The molecule has 8 heteroatoms. The van der Waals surface area contributed by atoms with Gasteiger partial charge >= 0.3 is 0 Å². The second-order valence-corrected chi connectivity index (χ2v) is 8.90. The predicted molar refractivity (Wildman–Crippen MR) is 139 cm³/mol. The van der Waals surface area contributed by atoms with Gasteiger partial charge in [-0.1, -0.05) is 48.5 Å². The fourth-order valence-electron chi connectivity index (χ4n) is 4.30. The van der Waals surface area contributed by atoms with Crippen LogP contribution in [0, 0.1) is 0 Å². The van der Waals surface area contributed by atoms with Crippen LogP contribution in [0.2, 0.25) is 0 Å². The van der Waals surface area contributed by atoms with E-state index in [4.69, 9.17) is 4.74 Å². The molecule has 0 aromatic heterocycles. The third-order valence-corrected chi connectivity index (χ3v) is 6.23. The quantitative estimate of drug-likeness (QED) is 0.561. The van der Waals surface area contributed by atoms with Gasteiger partial charge in [0.1, 0.15) is 17.5 Å². The molecule has 1 fully saturated rings. The summed E-state index contributed by atoms with van der Waals surface area (Å²) in [6.45, 7) is 4.09. The predicted octanol–water partition coefficient (Wildman–Crippen LogP) is 3.48. The van der Waals surface area contributed by atoms with Crippen molar-refractivity contribution in [2.45, 2.75) is 19.0 Å². The Kier molecular flexibility index (Phi) is 7.23. The molecular weight excluding hydrogens is 454 g/mol. The second kappa shape index (κ2) is 11.0. The number of piperazine rings is 1. The molecule has 2 aliphatic heterocycles. The summed E-state index contributed by atoms with van der Waals surface area (Å²) in [6.07, 6.45) is 0.0263. The summed E-state index contributed by atoms with van der Waals surface area (Å²) in [4.78, 5) is 34.3. The van der Waals surface area contributed by atoms with E-state index >= 15 is 0 Å². The van der Waals surface area contributed by atoms with Gasteiger partial charge in [-0.2, -0.15) is 0 Å². The minimum atomic E-state index is -0.767. The molecule has 0 saturated carbocycles. The van der Waals surface area contributed by atoms with E-state index in [2.05, 4.69) is 49.7 Å². The van der Waals surface area contributed by atoms with Gasteiger partial charge < -0.3 is 15.0 Å². The van der Waals surface area contributed by atoms with Crippen molar-refractivity contribution in [2.75, 3.05) is 31.5 Å². The lowest BCUT2D eigenvalue weighted by Gasteiger charge is -2.37. The van der Waals surface area contributed by atoms with Gasteiger partial charge in [0.25, 0.3) is 0 Å². The molecule has 2 aliphatic rings. The molecule has 0 radical (unpaired) electrons. The van der Waals surface area contributed by atoms with Crippen LogP contribution >= 0.6 is 0 Å². The number of hydrogen-bond acceptors (Lipinski definition) is 6. The highest BCUT2D eigenvalue weighted by molar-refractivity contribution is 6.06. The van der Waals surface area contributed by atoms with E-state index in [0.717, 1.165) is 38.5 Å². The highest BCUT2D eigenvalue weighted by Gasteiger charge is 2.30. The molecule has 0 aliphatic carbocycles. The molecule has 2 amide bonds. The molecule has 2 N–H and O–H groups in total. The van der Waals surface area contributed by atoms with Crippen molar-refractivity contribution < 1.29 is 14.3 Å².